The zero-order chi connectivity index (χ0) is 24.9. The molecule has 35 heavy (non-hydrogen) atoms. The Morgan fingerprint density at radius 1 is 1.14 bits per heavy atom. The van der Waals surface area contributed by atoms with Gasteiger partial charge in [0.2, 0.25) is 0 Å². The van der Waals surface area contributed by atoms with Gasteiger partial charge in [0, 0.05) is 31.9 Å². The van der Waals surface area contributed by atoms with Gasteiger partial charge in [-0.25, -0.2) is 23.1 Å². The van der Waals surface area contributed by atoms with Crippen molar-refractivity contribution < 1.29 is 13.9 Å². The quantitative estimate of drug-likeness (QED) is 0.467. The Morgan fingerprint density at radius 3 is 2.66 bits per heavy atom. The van der Waals surface area contributed by atoms with Gasteiger partial charge in [-0.05, 0) is 50.6 Å². The van der Waals surface area contributed by atoms with Crippen LogP contribution in [0, 0.1) is 25.5 Å². The maximum absolute atomic E-state index is 15.5. The van der Waals surface area contributed by atoms with Crippen LogP contribution in [0.25, 0.3) is 28.0 Å². The minimum atomic E-state index is -0.839. The van der Waals surface area contributed by atoms with Gasteiger partial charge in [-0.3, -0.25) is 4.98 Å². The lowest BCUT2D eigenvalue weighted by Gasteiger charge is -2.35. The summed E-state index contributed by atoms with van der Waals surface area (Å²) in [6, 6.07) is 6.64. The minimum Gasteiger partial charge on any atom is -0.507 e. The van der Waals surface area contributed by atoms with E-state index in [1.807, 2.05) is 18.7 Å². The maximum Gasteiger partial charge on any atom is 0.355 e. The average molecular weight is 479 g/mol. The molecule has 1 aromatic carbocycles. The Labute approximate surface area is 199 Å². The lowest BCUT2D eigenvalue weighted by atomic mass is 10.1. The highest BCUT2D eigenvalue weighted by atomic mass is 19.1. The van der Waals surface area contributed by atoms with Crippen LogP contribution in [-0.4, -0.2) is 50.3 Å². The van der Waals surface area contributed by atoms with E-state index in [4.69, 9.17) is 0 Å². The summed E-state index contributed by atoms with van der Waals surface area (Å²) < 4.78 is 31.5. The van der Waals surface area contributed by atoms with Crippen molar-refractivity contribution in [2.75, 3.05) is 24.5 Å². The lowest BCUT2D eigenvalue weighted by Crippen LogP contribution is -2.50. The smallest absolute Gasteiger partial charge is 0.355 e. The number of benzene rings is 1. The number of aromatic hydroxyl groups is 1. The van der Waals surface area contributed by atoms with Gasteiger partial charge in [-0.2, -0.15) is 4.98 Å². The molecule has 180 valence electrons. The van der Waals surface area contributed by atoms with Crippen molar-refractivity contribution in [2.45, 2.75) is 26.8 Å². The normalized spacial score (nSPS) is 16.1. The fourth-order valence-electron chi connectivity index (χ4n) is 4.63. The second-order valence-corrected chi connectivity index (χ2v) is 8.69. The van der Waals surface area contributed by atoms with E-state index in [1.54, 1.807) is 19.2 Å². The number of halogens is 2. The zero-order valence-corrected chi connectivity index (χ0v) is 19.5. The molecule has 1 aliphatic heterocycles. The van der Waals surface area contributed by atoms with Gasteiger partial charge in [-0.1, -0.05) is 6.07 Å². The van der Waals surface area contributed by atoms with Crippen LogP contribution in [0.2, 0.25) is 0 Å². The van der Waals surface area contributed by atoms with Crippen LogP contribution in [0.15, 0.2) is 41.3 Å². The van der Waals surface area contributed by atoms with E-state index in [9.17, 15) is 14.3 Å². The summed E-state index contributed by atoms with van der Waals surface area (Å²) in [5.74, 6) is -1.81. The average Bonchev–Trinajstić information content (AvgIpc) is 2.81. The highest BCUT2D eigenvalue weighted by Gasteiger charge is 2.27. The molecule has 0 aliphatic carbocycles. The summed E-state index contributed by atoms with van der Waals surface area (Å²) in [7, 11) is 0. The van der Waals surface area contributed by atoms with Crippen LogP contribution >= 0.6 is 0 Å². The molecule has 0 bridgehead atoms. The molecule has 0 unspecified atom stereocenters. The molecule has 2 N–H and O–H groups in total. The van der Waals surface area contributed by atoms with Gasteiger partial charge in [0.15, 0.2) is 11.5 Å². The van der Waals surface area contributed by atoms with Crippen molar-refractivity contribution in [3.05, 3.63) is 69.9 Å². The molecular formula is C25H24F2N6O2. The number of piperazine rings is 1. The molecule has 0 amide bonds. The SMILES string of the molecule is Cc1ccnc(C)c1-n1c(=O)nc(N2CCNC[C@@H]2C)c2cc(F)c(-c3c(O)cccc3F)nc21. The van der Waals surface area contributed by atoms with E-state index in [0.717, 1.165) is 11.6 Å². The Morgan fingerprint density at radius 2 is 1.94 bits per heavy atom. The second-order valence-electron chi connectivity index (χ2n) is 8.69. The molecule has 0 saturated carbocycles. The molecular weight excluding hydrogens is 454 g/mol. The number of rotatable bonds is 3. The van der Waals surface area contributed by atoms with Crippen molar-refractivity contribution in [1.82, 2.24) is 24.8 Å². The van der Waals surface area contributed by atoms with Gasteiger partial charge in [0.25, 0.3) is 0 Å². The predicted molar refractivity (Wildman–Crippen MR) is 129 cm³/mol. The summed E-state index contributed by atoms with van der Waals surface area (Å²) in [6.07, 6.45) is 1.63. The predicted octanol–water partition coefficient (Wildman–Crippen LogP) is 3.24. The van der Waals surface area contributed by atoms with Crippen LogP contribution in [0.3, 0.4) is 0 Å². The van der Waals surface area contributed by atoms with Crippen molar-refractivity contribution >= 4 is 16.9 Å². The van der Waals surface area contributed by atoms with Crippen LogP contribution in [0.4, 0.5) is 14.6 Å². The maximum atomic E-state index is 15.5. The van der Waals surface area contributed by atoms with E-state index >= 15 is 4.39 Å². The molecule has 5 rings (SSSR count). The summed E-state index contributed by atoms with van der Waals surface area (Å²) in [6.45, 7) is 7.46. The number of hydrogen-bond acceptors (Lipinski definition) is 7. The first-order chi connectivity index (χ1) is 16.8. The zero-order valence-electron chi connectivity index (χ0n) is 19.5. The van der Waals surface area contributed by atoms with Gasteiger partial charge in [0.1, 0.15) is 23.1 Å². The van der Waals surface area contributed by atoms with E-state index in [2.05, 4.69) is 20.3 Å². The van der Waals surface area contributed by atoms with Gasteiger partial charge < -0.3 is 15.3 Å². The third kappa shape index (κ3) is 3.79. The van der Waals surface area contributed by atoms with E-state index in [1.165, 1.54) is 22.8 Å². The number of aromatic nitrogens is 4. The van der Waals surface area contributed by atoms with Crippen LogP contribution in [0.1, 0.15) is 18.2 Å². The number of pyridine rings is 2. The fraction of sp³-hybridized carbons (Fsp3) is 0.280. The topological polar surface area (TPSA) is 96.2 Å². The van der Waals surface area contributed by atoms with Crippen molar-refractivity contribution in [3.8, 4) is 22.7 Å². The van der Waals surface area contributed by atoms with Crippen LogP contribution in [0.5, 0.6) is 5.75 Å². The lowest BCUT2D eigenvalue weighted by molar-refractivity contribution is 0.470. The van der Waals surface area contributed by atoms with E-state index in [-0.39, 0.29) is 17.3 Å². The van der Waals surface area contributed by atoms with Crippen LogP contribution in [-0.2, 0) is 0 Å². The fourth-order valence-corrected chi connectivity index (χ4v) is 4.63. The number of hydrogen-bond donors (Lipinski definition) is 2. The Balaban J connectivity index is 1.91. The molecule has 1 fully saturated rings. The molecule has 4 aromatic rings. The van der Waals surface area contributed by atoms with Gasteiger partial charge >= 0.3 is 5.69 Å². The minimum absolute atomic E-state index is 0.00471. The highest BCUT2D eigenvalue weighted by Crippen LogP contribution is 2.36. The molecule has 10 heteroatoms. The summed E-state index contributed by atoms with van der Waals surface area (Å²) in [4.78, 5) is 28.6. The Kier molecular flexibility index (Phi) is 5.68. The van der Waals surface area contributed by atoms with Crippen LogP contribution < -0.4 is 15.9 Å². The van der Waals surface area contributed by atoms with E-state index < -0.39 is 28.8 Å². The summed E-state index contributed by atoms with van der Waals surface area (Å²) in [5.41, 5.74) is 0.486. The third-order valence-electron chi connectivity index (χ3n) is 6.34. The molecule has 1 aliphatic rings. The van der Waals surface area contributed by atoms with Crippen molar-refractivity contribution in [3.63, 3.8) is 0 Å². The molecule has 1 saturated heterocycles. The number of phenolic OH excluding ortho intramolecular Hbond substituents is 1. The number of fused-ring (bicyclic) bond motifs is 1. The largest absolute Gasteiger partial charge is 0.507 e. The number of phenols is 1. The van der Waals surface area contributed by atoms with Gasteiger partial charge in [0.05, 0.1) is 22.3 Å². The monoisotopic (exact) mass is 478 g/mol. The molecule has 1 atom stereocenters. The number of anilines is 1. The number of aryl methyl sites for hydroxylation is 2. The van der Waals surface area contributed by atoms with Crippen molar-refractivity contribution in [1.29, 1.82) is 0 Å². The number of nitrogens with zero attached hydrogens (tertiary/aromatic N) is 5. The summed E-state index contributed by atoms with van der Waals surface area (Å²) in [5, 5.41) is 13.9. The Bertz CT molecular complexity index is 1480. The first-order valence-electron chi connectivity index (χ1n) is 11.3. The van der Waals surface area contributed by atoms with Crippen molar-refractivity contribution in [2.24, 2.45) is 0 Å². The highest BCUT2D eigenvalue weighted by molar-refractivity contribution is 5.91. The first kappa shape index (κ1) is 22.9. The van der Waals surface area contributed by atoms with Gasteiger partial charge in [-0.15, -0.1) is 0 Å². The first-order valence-corrected chi connectivity index (χ1v) is 11.3. The summed E-state index contributed by atoms with van der Waals surface area (Å²) >= 11 is 0. The number of nitrogens with one attached hydrogen (secondary N) is 1. The third-order valence-corrected chi connectivity index (χ3v) is 6.34. The second kappa shape index (κ2) is 8.70. The van der Waals surface area contributed by atoms with E-state index in [0.29, 0.717) is 42.2 Å². The molecule has 0 radical (unpaired) electrons. The molecule has 8 nitrogen and oxygen atoms in total. The molecule has 0 spiro atoms. The molecule has 4 heterocycles. The standard InChI is InChI=1S/C25H24F2N6O2/c1-13-7-8-29-15(3)22(13)33-24-16(23(31-25(33)35)32-10-9-28-12-14(32)2)11-18(27)21(30-24)20-17(26)5-4-6-19(20)34/h4-8,11,14,28,34H,9-10,12H2,1-3H3/t14-/m0/s1. The Hall–Kier alpha value is -3.92. The molecule has 3 aromatic heterocycles.